The predicted octanol–water partition coefficient (Wildman–Crippen LogP) is 1.63. The summed E-state index contributed by atoms with van der Waals surface area (Å²) in [5.74, 6) is -1.31. The molecule has 0 bridgehead atoms. The molecule has 3 rings (SSSR count). The van der Waals surface area contributed by atoms with Crippen LogP contribution in [0, 0.1) is 13.8 Å². The van der Waals surface area contributed by atoms with Crippen molar-refractivity contribution in [3.8, 4) is 5.75 Å². The molecular formula is C17H19N3O4. The first-order chi connectivity index (χ1) is 11.4. The lowest BCUT2D eigenvalue weighted by molar-refractivity contribution is -0.138. The lowest BCUT2D eigenvalue weighted by atomic mass is 10.0. The molecule has 7 heteroatoms. The van der Waals surface area contributed by atoms with Crippen LogP contribution in [0.3, 0.4) is 0 Å². The monoisotopic (exact) mass is 329 g/mol. The number of amides is 1. The van der Waals surface area contributed by atoms with Gasteiger partial charge in [-0.05, 0) is 25.5 Å². The van der Waals surface area contributed by atoms with Crippen LogP contribution in [-0.4, -0.2) is 39.9 Å². The Morgan fingerprint density at radius 1 is 1.33 bits per heavy atom. The van der Waals surface area contributed by atoms with E-state index in [2.05, 4.69) is 5.10 Å². The molecule has 1 unspecified atom stereocenters. The van der Waals surface area contributed by atoms with Gasteiger partial charge in [0.1, 0.15) is 11.6 Å². The van der Waals surface area contributed by atoms with E-state index in [0.717, 1.165) is 5.69 Å². The number of carbonyl (C=O) groups is 2. The Labute approximate surface area is 139 Å². The van der Waals surface area contributed by atoms with Crippen LogP contribution in [0.15, 0.2) is 24.3 Å². The molecule has 1 aliphatic rings. The van der Waals surface area contributed by atoms with Crippen LogP contribution in [0.25, 0.3) is 0 Å². The number of aromatic nitrogens is 2. The third-order valence-corrected chi connectivity index (χ3v) is 4.35. The largest absolute Gasteiger partial charge is 0.481 e. The van der Waals surface area contributed by atoms with Crippen molar-refractivity contribution in [2.24, 2.45) is 7.05 Å². The number of hydrogen-bond acceptors (Lipinski definition) is 4. The Kier molecular flexibility index (Phi) is 4.01. The molecule has 1 aromatic carbocycles. The molecule has 1 amide bonds. The Bertz CT molecular complexity index is 812. The van der Waals surface area contributed by atoms with Crippen LogP contribution < -0.4 is 9.64 Å². The average molecular weight is 329 g/mol. The third-order valence-electron chi connectivity index (χ3n) is 4.35. The average Bonchev–Trinajstić information content (AvgIpc) is 3.04. The van der Waals surface area contributed by atoms with E-state index in [4.69, 9.17) is 4.74 Å². The summed E-state index contributed by atoms with van der Waals surface area (Å²) in [6.07, 6.45) is 0. The van der Waals surface area contributed by atoms with E-state index in [1.165, 1.54) is 4.90 Å². The minimum Gasteiger partial charge on any atom is -0.481 e. The van der Waals surface area contributed by atoms with Gasteiger partial charge in [0.25, 0.3) is 5.91 Å². The number of para-hydroxylation sites is 1. The van der Waals surface area contributed by atoms with Gasteiger partial charge in [0.2, 0.25) is 0 Å². The van der Waals surface area contributed by atoms with Crippen LogP contribution in [-0.2, 0) is 16.6 Å². The Morgan fingerprint density at radius 2 is 2.04 bits per heavy atom. The van der Waals surface area contributed by atoms with Crippen LogP contribution in [0.2, 0.25) is 0 Å². The number of aryl methyl sites for hydroxylation is 2. The molecule has 0 spiro atoms. The standard InChI is InChI=1S/C17H19N3O4/c1-10-16(11(2)19(3)18-10)24-9-15(21)20-8-13(17(22)23)12-6-4-5-7-14(12)20/h4-7,13H,8-9H2,1-3H3,(H,22,23). The number of aliphatic carboxylic acids is 1. The van der Waals surface area contributed by atoms with Gasteiger partial charge in [0, 0.05) is 19.3 Å². The van der Waals surface area contributed by atoms with Crippen molar-refractivity contribution < 1.29 is 19.4 Å². The van der Waals surface area contributed by atoms with Crippen molar-refractivity contribution in [1.29, 1.82) is 0 Å². The van der Waals surface area contributed by atoms with Gasteiger partial charge in [-0.3, -0.25) is 14.3 Å². The third kappa shape index (κ3) is 2.62. The number of fused-ring (bicyclic) bond motifs is 1. The molecule has 0 saturated heterocycles. The molecule has 0 radical (unpaired) electrons. The fourth-order valence-corrected chi connectivity index (χ4v) is 3.03. The second kappa shape index (κ2) is 5.99. The van der Waals surface area contributed by atoms with Crippen LogP contribution in [0.5, 0.6) is 5.75 Å². The van der Waals surface area contributed by atoms with E-state index in [-0.39, 0.29) is 19.1 Å². The van der Waals surface area contributed by atoms with Gasteiger partial charge in [-0.25, -0.2) is 0 Å². The number of carboxylic acids is 1. The summed E-state index contributed by atoms with van der Waals surface area (Å²) in [5, 5.41) is 13.6. The Morgan fingerprint density at radius 3 is 2.67 bits per heavy atom. The summed E-state index contributed by atoms with van der Waals surface area (Å²) in [6.45, 7) is 3.65. The highest BCUT2D eigenvalue weighted by atomic mass is 16.5. The molecule has 1 aliphatic heterocycles. The minimum absolute atomic E-state index is 0.127. The van der Waals surface area contributed by atoms with E-state index in [0.29, 0.717) is 22.7 Å². The van der Waals surface area contributed by atoms with Crippen LogP contribution in [0.1, 0.15) is 22.9 Å². The zero-order valence-corrected chi connectivity index (χ0v) is 13.8. The van der Waals surface area contributed by atoms with E-state index >= 15 is 0 Å². The van der Waals surface area contributed by atoms with Gasteiger partial charge >= 0.3 is 5.97 Å². The molecule has 2 heterocycles. The number of hydrogen-bond donors (Lipinski definition) is 1. The summed E-state index contributed by atoms with van der Waals surface area (Å²) < 4.78 is 7.35. The lowest BCUT2D eigenvalue weighted by Gasteiger charge is -2.17. The van der Waals surface area contributed by atoms with Crippen molar-refractivity contribution in [3.05, 3.63) is 41.2 Å². The van der Waals surface area contributed by atoms with Gasteiger partial charge in [-0.1, -0.05) is 18.2 Å². The van der Waals surface area contributed by atoms with Crippen molar-refractivity contribution in [2.45, 2.75) is 19.8 Å². The van der Waals surface area contributed by atoms with Gasteiger partial charge in [0.15, 0.2) is 12.4 Å². The number of ether oxygens (including phenoxy) is 1. The molecule has 24 heavy (non-hydrogen) atoms. The zero-order chi connectivity index (χ0) is 17.4. The molecule has 0 saturated carbocycles. The van der Waals surface area contributed by atoms with Crippen molar-refractivity contribution in [3.63, 3.8) is 0 Å². The van der Waals surface area contributed by atoms with E-state index < -0.39 is 11.9 Å². The van der Waals surface area contributed by atoms with Gasteiger partial charge in [-0.15, -0.1) is 0 Å². The molecule has 1 atom stereocenters. The van der Waals surface area contributed by atoms with Gasteiger partial charge < -0.3 is 14.7 Å². The summed E-state index contributed by atoms with van der Waals surface area (Å²) in [4.78, 5) is 25.5. The first kappa shape index (κ1) is 16.0. The Hall–Kier alpha value is -2.83. The second-order valence-electron chi connectivity index (χ2n) is 5.87. The smallest absolute Gasteiger partial charge is 0.312 e. The van der Waals surface area contributed by atoms with E-state index in [9.17, 15) is 14.7 Å². The highest BCUT2D eigenvalue weighted by Gasteiger charge is 2.36. The van der Waals surface area contributed by atoms with Crippen LogP contribution in [0.4, 0.5) is 5.69 Å². The molecular weight excluding hydrogens is 310 g/mol. The van der Waals surface area contributed by atoms with Crippen molar-refractivity contribution in [2.75, 3.05) is 18.1 Å². The highest BCUT2D eigenvalue weighted by molar-refractivity contribution is 5.99. The number of rotatable bonds is 4. The summed E-state index contributed by atoms with van der Waals surface area (Å²) in [5.41, 5.74) is 2.85. The summed E-state index contributed by atoms with van der Waals surface area (Å²) >= 11 is 0. The van der Waals surface area contributed by atoms with Crippen molar-refractivity contribution >= 4 is 17.6 Å². The van der Waals surface area contributed by atoms with Gasteiger partial charge in [-0.2, -0.15) is 5.10 Å². The maximum atomic E-state index is 12.6. The highest BCUT2D eigenvalue weighted by Crippen LogP contribution is 2.36. The fraction of sp³-hybridized carbons (Fsp3) is 0.353. The summed E-state index contributed by atoms with van der Waals surface area (Å²) in [6, 6.07) is 7.08. The maximum absolute atomic E-state index is 12.6. The molecule has 126 valence electrons. The normalized spacial score (nSPS) is 16.1. The van der Waals surface area contributed by atoms with E-state index in [1.54, 1.807) is 28.9 Å². The van der Waals surface area contributed by atoms with Crippen molar-refractivity contribution in [1.82, 2.24) is 9.78 Å². The topological polar surface area (TPSA) is 84.7 Å². The Balaban J connectivity index is 1.78. The second-order valence-corrected chi connectivity index (χ2v) is 5.87. The SMILES string of the molecule is Cc1nn(C)c(C)c1OCC(=O)N1CC(C(=O)O)c2ccccc21. The number of carbonyl (C=O) groups excluding carboxylic acids is 1. The van der Waals surface area contributed by atoms with Crippen LogP contribution >= 0.6 is 0 Å². The number of carboxylic acid groups (broad SMARTS) is 1. The molecule has 2 aromatic rings. The molecule has 7 nitrogen and oxygen atoms in total. The maximum Gasteiger partial charge on any atom is 0.312 e. The van der Waals surface area contributed by atoms with Gasteiger partial charge in [0.05, 0.1) is 5.69 Å². The lowest BCUT2D eigenvalue weighted by Crippen LogP contribution is -2.35. The zero-order valence-electron chi connectivity index (χ0n) is 13.8. The molecule has 1 aromatic heterocycles. The quantitative estimate of drug-likeness (QED) is 0.921. The summed E-state index contributed by atoms with van der Waals surface area (Å²) in [7, 11) is 1.81. The molecule has 0 fully saturated rings. The fourth-order valence-electron chi connectivity index (χ4n) is 3.03. The predicted molar refractivity (Wildman–Crippen MR) is 87.3 cm³/mol. The number of anilines is 1. The first-order valence-corrected chi connectivity index (χ1v) is 7.65. The minimum atomic E-state index is -0.933. The number of benzene rings is 1. The molecule has 0 aliphatic carbocycles. The van der Waals surface area contributed by atoms with E-state index in [1.807, 2.05) is 20.9 Å². The first-order valence-electron chi connectivity index (χ1n) is 7.65. The number of nitrogens with zero attached hydrogens (tertiary/aromatic N) is 3. The molecule has 1 N–H and O–H groups in total.